The van der Waals surface area contributed by atoms with Crippen LogP contribution in [0.15, 0.2) is 67.0 Å². The molecule has 0 atom stereocenters. The zero-order valence-electron chi connectivity index (χ0n) is 16.8. The molecule has 4 aromatic rings. The number of nitrogens with two attached hydrogens (primary N) is 1. The molecule has 0 aliphatic heterocycles. The Hall–Kier alpha value is -3.93. The predicted octanol–water partition coefficient (Wildman–Crippen LogP) is 4.55. The van der Waals surface area contributed by atoms with Gasteiger partial charge < -0.3 is 15.2 Å². The highest BCUT2D eigenvalue weighted by atomic mass is 16.5. The first-order valence-corrected chi connectivity index (χ1v) is 9.47. The van der Waals surface area contributed by atoms with Crippen molar-refractivity contribution in [3.05, 3.63) is 83.8 Å². The second-order valence-corrected chi connectivity index (χ2v) is 6.92. The molecule has 0 saturated carbocycles. The number of benzene rings is 2. The molecule has 150 valence electrons. The minimum absolute atomic E-state index is 0.0290. The average Bonchev–Trinajstić information content (AvgIpc) is 2.78. The van der Waals surface area contributed by atoms with Gasteiger partial charge in [-0.15, -0.1) is 0 Å². The smallest absolute Gasteiger partial charge is 0.360 e. The SMILES string of the molecule is COC(=O)c1nc(N)c2c(-c3ccc(C)cc3)cncc2c1OCc1ccccc1. The van der Waals surface area contributed by atoms with Crippen LogP contribution in [0.5, 0.6) is 5.75 Å². The summed E-state index contributed by atoms with van der Waals surface area (Å²) in [7, 11) is 1.30. The van der Waals surface area contributed by atoms with Crippen LogP contribution in [0.2, 0.25) is 0 Å². The van der Waals surface area contributed by atoms with E-state index in [0.29, 0.717) is 16.5 Å². The van der Waals surface area contributed by atoms with Crippen molar-refractivity contribution in [1.29, 1.82) is 0 Å². The normalized spacial score (nSPS) is 10.7. The first-order chi connectivity index (χ1) is 14.6. The fourth-order valence-electron chi connectivity index (χ4n) is 3.33. The zero-order chi connectivity index (χ0) is 21.1. The molecule has 0 aliphatic rings. The van der Waals surface area contributed by atoms with E-state index < -0.39 is 5.97 Å². The van der Waals surface area contributed by atoms with E-state index in [-0.39, 0.29) is 18.1 Å². The summed E-state index contributed by atoms with van der Waals surface area (Å²) < 4.78 is 11.0. The second kappa shape index (κ2) is 8.21. The molecule has 0 aliphatic carbocycles. The van der Waals surface area contributed by atoms with Crippen LogP contribution in [0.25, 0.3) is 21.9 Å². The minimum atomic E-state index is -0.618. The van der Waals surface area contributed by atoms with Gasteiger partial charge in [0.25, 0.3) is 0 Å². The number of nitrogens with zero attached hydrogens (tertiary/aromatic N) is 2. The van der Waals surface area contributed by atoms with Crippen LogP contribution in [-0.2, 0) is 11.3 Å². The van der Waals surface area contributed by atoms with Crippen molar-refractivity contribution in [3.8, 4) is 16.9 Å². The van der Waals surface area contributed by atoms with E-state index in [4.69, 9.17) is 15.2 Å². The zero-order valence-corrected chi connectivity index (χ0v) is 16.8. The van der Waals surface area contributed by atoms with E-state index in [2.05, 4.69) is 9.97 Å². The molecule has 2 aromatic carbocycles. The first-order valence-electron chi connectivity index (χ1n) is 9.47. The van der Waals surface area contributed by atoms with Crippen LogP contribution < -0.4 is 10.5 Å². The van der Waals surface area contributed by atoms with Gasteiger partial charge in [-0.05, 0) is 18.1 Å². The van der Waals surface area contributed by atoms with Gasteiger partial charge >= 0.3 is 5.97 Å². The third-order valence-corrected chi connectivity index (χ3v) is 4.86. The fraction of sp³-hybridized carbons (Fsp3) is 0.125. The van der Waals surface area contributed by atoms with Gasteiger partial charge in [0.15, 0.2) is 11.4 Å². The summed E-state index contributed by atoms with van der Waals surface area (Å²) in [4.78, 5) is 21.1. The summed E-state index contributed by atoms with van der Waals surface area (Å²) in [6, 6.07) is 17.7. The van der Waals surface area contributed by atoms with Crippen molar-refractivity contribution in [3.63, 3.8) is 0 Å². The Morgan fingerprint density at radius 1 is 1.03 bits per heavy atom. The van der Waals surface area contributed by atoms with Gasteiger partial charge in [0.2, 0.25) is 0 Å². The molecule has 30 heavy (non-hydrogen) atoms. The standard InChI is InChI=1S/C24H21N3O3/c1-15-8-10-17(11-9-15)18-12-26-13-19-20(18)23(25)27-21(24(28)29-2)22(19)30-14-16-6-4-3-5-7-16/h3-13H,14H2,1-2H3,(H2,25,27). The molecule has 2 heterocycles. The number of hydrogen-bond donors (Lipinski definition) is 1. The topological polar surface area (TPSA) is 87.3 Å². The van der Waals surface area contributed by atoms with Crippen molar-refractivity contribution in [2.75, 3.05) is 12.8 Å². The lowest BCUT2D eigenvalue weighted by molar-refractivity contribution is 0.0589. The van der Waals surface area contributed by atoms with Gasteiger partial charge in [-0.1, -0.05) is 60.2 Å². The van der Waals surface area contributed by atoms with Gasteiger partial charge in [0.1, 0.15) is 12.4 Å². The number of hydrogen-bond acceptors (Lipinski definition) is 6. The largest absolute Gasteiger partial charge is 0.486 e. The third-order valence-electron chi connectivity index (χ3n) is 4.86. The molecule has 6 heteroatoms. The number of carbonyl (C=O) groups excluding carboxylic acids is 1. The van der Waals surface area contributed by atoms with Crippen LogP contribution in [-0.4, -0.2) is 23.0 Å². The van der Waals surface area contributed by atoms with Crippen molar-refractivity contribution < 1.29 is 14.3 Å². The molecule has 0 fully saturated rings. The number of anilines is 1. The average molecular weight is 399 g/mol. The molecule has 6 nitrogen and oxygen atoms in total. The highest BCUT2D eigenvalue weighted by Crippen LogP contribution is 2.38. The van der Waals surface area contributed by atoms with Gasteiger partial charge in [-0.3, -0.25) is 4.98 Å². The monoisotopic (exact) mass is 399 g/mol. The van der Waals surface area contributed by atoms with Gasteiger partial charge in [-0.25, -0.2) is 9.78 Å². The Labute approximate surface area is 174 Å². The summed E-state index contributed by atoms with van der Waals surface area (Å²) in [5.41, 5.74) is 10.2. The van der Waals surface area contributed by atoms with Crippen molar-refractivity contribution in [2.24, 2.45) is 0 Å². The number of rotatable bonds is 5. The molecule has 0 amide bonds. The Kier molecular flexibility index (Phi) is 5.30. The molecule has 0 bridgehead atoms. The van der Waals surface area contributed by atoms with E-state index in [9.17, 15) is 4.79 Å². The molecule has 4 rings (SSSR count). The first kappa shape index (κ1) is 19.4. The lowest BCUT2D eigenvalue weighted by atomic mass is 9.99. The highest BCUT2D eigenvalue weighted by Gasteiger charge is 2.23. The minimum Gasteiger partial charge on any atom is -0.486 e. The van der Waals surface area contributed by atoms with Gasteiger partial charge in [0.05, 0.1) is 7.11 Å². The number of carbonyl (C=O) groups is 1. The van der Waals surface area contributed by atoms with E-state index in [1.165, 1.54) is 7.11 Å². The lowest BCUT2D eigenvalue weighted by Crippen LogP contribution is -2.11. The number of pyridine rings is 2. The molecule has 2 N–H and O–H groups in total. The summed E-state index contributed by atoms with van der Waals surface area (Å²) in [6.45, 7) is 2.29. The second-order valence-electron chi connectivity index (χ2n) is 6.92. The number of aromatic nitrogens is 2. The molecular formula is C24H21N3O3. The maximum Gasteiger partial charge on any atom is 0.360 e. The predicted molar refractivity (Wildman–Crippen MR) is 116 cm³/mol. The van der Waals surface area contributed by atoms with Crippen LogP contribution in [0.4, 0.5) is 5.82 Å². The van der Waals surface area contributed by atoms with Crippen molar-refractivity contribution in [1.82, 2.24) is 9.97 Å². The molecule has 0 unspecified atom stereocenters. The molecule has 0 spiro atoms. The Morgan fingerprint density at radius 2 is 1.77 bits per heavy atom. The molecule has 2 aromatic heterocycles. The number of nitrogen functional groups attached to an aromatic ring is 1. The summed E-state index contributed by atoms with van der Waals surface area (Å²) in [6.07, 6.45) is 3.38. The van der Waals surface area contributed by atoms with Crippen molar-refractivity contribution in [2.45, 2.75) is 13.5 Å². The number of fused-ring (bicyclic) bond motifs is 1. The summed E-state index contributed by atoms with van der Waals surface area (Å²) in [5.74, 6) is -0.0980. The van der Waals surface area contributed by atoms with Crippen LogP contribution in [0.3, 0.4) is 0 Å². The number of methoxy groups -OCH3 is 1. The van der Waals surface area contributed by atoms with Crippen LogP contribution in [0.1, 0.15) is 21.6 Å². The summed E-state index contributed by atoms with van der Waals surface area (Å²) >= 11 is 0. The Bertz CT molecular complexity index is 1210. The van der Waals surface area contributed by atoms with Crippen molar-refractivity contribution >= 4 is 22.6 Å². The van der Waals surface area contributed by atoms with E-state index in [1.54, 1.807) is 12.4 Å². The maximum atomic E-state index is 12.4. The molecule has 0 radical (unpaired) electrons. The third kappa shape index (κ3) is 3.67. The van der Waals surface area contributed by atoms with Crippen LogP contribution in [0, 0.1) is 6.92 Å². The maximum absolute atomic E-state index is 12.4. The number of esters is 1. The summed E-state index contributed by atoms with van der Waals surface area (Å²) in [5, 5.41) is 1.29. The number of aryl methyl sites for hydroxylation is 1. The van der Waals surface area contributed by atoms with E-state index in [0.717, 1.165) is 22.3 Å². The molecular weight excluding hydrogens is 378 g/mol. The Morgan fingerprint density at radius 3 is 2.47 bits per heavy atom. The van der Waals surface area contributed by atoms with Gasteiger partial charge in [-0.2, -0.15) is 0 Å². The quantitative estimate of drug-likeness (QED) is 0.495. The van der Waals surface area contributed by atoms with E-state index in [1.807, 2.05) is 61.5 Å². The number of ether oxygens (including phenoxy) is 2. The van der Waals surface area contributed by atoms with E-state index >= 15 is 0 Å². The fourth-order valence-corrected chi connectivity index (χ4v) is 3.33. The van der Waals surface area contributed by atoms with Gasteiger partial charge in [0, 0.05) is 28.7 Å². The van der Waals surface area contributed by atoms with Crippen LogP contribution >= 0.6 is 0 Å². The molecule has 0 saturated heterocycles. The Balaban J connectivity index is 1.90. The highest BCUT2D eigenvalue weighted by molar-refractivity contribution is 6.09. The lowest BCUT2D eigenvalue weighted by Gasteiger charge is -2.16.